The zero-order chi connectivity index (χ0) is 23.9. The van der Waals surface area contributed by atoms with Crippen LogP contribution in [-0.2, 0) is 27.5 Å². The molecule has 1 aliphatic heterocycles. The predicted octanol–water partition coefficient (Wildman–Crippen LogP) is 4.59. The van der Waals surface area contributed by atoms with Crippen LogP contribution in [0.25, 0.3) is 0 Å². The second-order valence-corrected chi connectivity index (χ2v) is 7.77. The van der Waals surface area contributed by atoms with E-state index in [-0.39, 0.29) is 25.9 Å². The van der Waals surface area contributed by atoms with E-state index in [9.17, 15) is 9.59 Å². The highest BCUT2D eigenvalue weighted by Gasteiger charge is 2.18. The standard InChI is InChI=1S/C25H22ClNO7/c1-30-22-4-2-3-20(11-22)27-23(28)14-32-21-7-5-16(6-8-21)25(29)33-13-18-10-19(26)9-17-12-31-15-34-24(17)18/h2-11H,12-15H2,1H3,(H,27,28). The van der Waals surface area contributed by atoms with Gasteiger partial charge in [0.05, 0.1) is 19.3 Å². The Morgan fingerprint density at radius 2 is 1.88 bits per heavy atom. The van der Waals surface area contributed by atoms with E-state index >= 15 is 0 Å². The molecule has 1 N–H and O–H groups in total. The number of carbonyl (C=O) groups is 2. The van der Waals surface area contributed by atoms with Crippen LogP contribution in [0.2, 0.25) is 5.02 Å². The van der Waals surface area contributed by atoms with E-state index in [0.29, 0.717) is 45.7 Å². The molecule has 176 valence electrons. The minimum atomic E-state index is -0.511. The lowest BCUT2D eigenvalue weighted by Crippen LogP contribution is -2.20. The number of esters is 1. The number of hydrogen-bond acceptors (Lipinski definition) is 7. The zero-order valence-electron chi connectivity index (χ0n) is 18.3. The molecule has 0 radical (unpaired) electrons. The number of carbonyl (C=O) groups excluding carboxylic acids is 2. The topological polar surface area (TPSA) is 92.3 Å². The summed E-state index contributed by atoms with van der Waals surface area (Å²) >= 11 is 6.14. The van der Waals surface area contributed by atoms with Gasteiger partial charge in [-0.2, -0.15) is 0 Å². The van der Waals surface area contributed by atoms with Gasteiger partial charge in [-0.15, -0.1) is 0 Å². The second-order valence-electron chi connectivity index (χ2n) is 7.33. The van der Waals surface area contributed by atoms with Gasteiger partial charge in [0.1, 0.15) is 23.9 Å². The van der Waals surface area contributed by atoms with Crippen molar-refractivity contribution in [3.8, 4) is 17.2 Å². The van der Waals surface area contributed by atoms with Crippen molar-refractivity contribution < 1.29 is 33.3 Å². The first kappa shape index (κ1) is 23.4. The van der Waals surface area contributed by atoms with Crippen molar-refractivity contribution in [3.05, 3.63) is 82.4 Å². The lowest BCUT2D eigenvalue weighted by Gasteiger charge is -2.21. The van der Waals surface area contributed by atoms with Crippen LogP contribution in [0.3, 0.4) is 0 Å². The third-order valence-corrected chi connectivity index (χ3v) is 5.14. The molecule has 0 fully saturated rings. The molecule has 9 heteroatoms. The Hall–Kier alpha value is -3.75. The molecular weight excluding hydrogens is 462 g/mol. The van der Waals surface area contributed by atoms with Crippen molar-refractivity contribution in [2.24, 2.45) is 0 Å². The number of rotatable bonds is 8. The number of hydrogen-bond donors (Lipinski definition) is 1. The highest BCUT2D eigenvalue weighted by Crippen LogP contribution is 2.32. The molecule has 8 nitrogen and oxygen atoms in total. The van der Waals surface area contributed by atoms with E-state index in [4.69, 9.17) is 35.3 Å². The summed E-state index contributed by atoms with van der Waals surface area (Å²) in [7, 11) is 1.55. The van der Waals surface area contributed by atoms with Gasteiger partial charge >= 0.3 is 5.97 Å². The number of anilines is 1. The fourth-order valence-corrected chi connectivity index (χ4v) is 3.59. The maximum absolute atomic E-state index is 12.5. The van der Waals surface area contributed by atoms with Gasteiger partial charge in [-0.25, -0.2) is 4.79 Å². The Bertz CT molecular complexity index is 1180. The van der Waals surface area contributed by atoms with E-state index in [1.807, 2.05) is 0 Å². The number of halogens is 1. The summed E-state index contributed by atoms with van der Waals surface area (Å²) in [6.45, 7) is 0.333. The number of fused-ring (bicyclic) bond motifs is 1. The summed E-state index contributed by atoms with van der Waals surface area (Å²) < 4.78 is 26.8. The molecule has 0 bridgehead atoms. The van der Waals surface area contributed by atoms with Crippen molar-refractivity contribution >= 4 is 29.2 Å². The second kappa shape index (κ2) is 10.9. The maximum Gasteiger partial charge on any atom is 0.338 e. The molecule has 0 aromatic heterocycles. The van der Waals surface area contributed by atoms with Crippen LogP contribution in [0.15, 0.2) is 60.7 Å². The van der Waals surface area contributed by atoms with Crippen molar-refractivity contribution in [1.29, 1.82) is 0 Å². The summed E-state index contributed by atoms with van der Waals surface area (Å²) in [6.07, 6.45) is 0. The van der Waals surface area contributed by atoms with E-state index in [1.54, 1.807) is 67.8 Å². The van der Waals surface area contributed by atoms with Gasteiger partial charge in [0, 0.05) is 27.9 Å². The number of methoxy groups -OCH3 is 1. The molecular formula is C25H22ClNO7. The Labute approximate surface area is 201 Å². The smallest absolute Gasteiger partial charge is 0.338 e. The molecule has 0 unspecified atom stereocenters. The van der Waals surface area contributed by atoms with Gasteiger partial charge in [0.25, 0.3) is 5.91 Å². The Morgan fingerprint density at radius 3 is 2.68 bits per heavy atom. The van der Waals surface area contributed by atoms with Gasteiger partial charge < -0.3 is 29.0 Å². The van der Waals surface area contributed by atoms with E-state index in [2.05, 4.69) is 5.32 Å². The molecule has 34 heavy (non-hydrogen) atoms. The Kier molecular flexibility index (Phi) is 7.51. The summed E-state index contributed by atoms with van der Waals surface area (Å²) in [5.41, 5.74) is 2.42. The van der Waals surface area contributed by atoms with Crippen LogP contribution in [0, 0.1) is 0 Å². The normalized spacial score (nSPS) is 12.2. The van der Waals surface area contributed by atoms with Crippen LogP contribution in [0.1, 0.15) is 21.5 Å². The highest BCUT2D eigenvalue weighted by atomic mass is 35.5. The minimum Gasteiger partial charge on any atom is -0.497 e. The van der Waals surface area contributed by atoms with Gasteiger partial charge in [0.15, 0.2) is 13.4 Å². The largest absolute Gasteiger partial charge is 0.497 e. The Balaban J connectivity index is 1.29. The molecule has 0 saturated heterocycles. The lowest BCUT2D eigenvalue weighted by atomic mass is 10.1. The van der Waals surface area contributed by atoms with Crippen molar-refractivity contribution in [2.75, 3.05) is 25.8 Å². The molecule has 1 amide bonds. The van der Waals surface area contributed by atoms with Crippen LogP contribution < -0.4 is 19.5 Å². The first-order valence-corrected chi connectivity index (χ1v) is 10.8. The van der Waals surface area contributed by atoms with Crippen LogP contribution >= 0.6 is 11.6 Å². The average molecular weight is 484 g/mol. The molecule has 1 aliphatic rings. The minimum absolute atomic E-state index is 0.00439. The first-order chi connectivity index (χ1) is 16.5. The van der Waals surface area contributed by atoms with Gasteiger partial charge in [0.2, 0.25) is 0 Å². The quantitative estimate of drug-likeness (QED) is 0.468. The van der Waals surface area contributed by atoms with Gasteiger partial charge in [-0.05, 0) is 48.5 Å². The summed E-state index contributed by atoms with van der Waals surface area (Å²) in [5.74, 6) is 0.865. The third kappa shape index (κ3) is 5.98. The fraction of sp³-hybridized carbons (Fsp3) is 0.200. The lowest BCUT2D eigenvalue weighted by molar-refractivity contribution is -0.118. The monoisotopic (exact) mass is 483 g/mol. The highest BCUT2D eigenvalue weighted by molar-refractivity contribution is 6.30. The number of nitrogens with one attached hydrogen (secondary N) is 1. The molecule has 3 aromatic carbocycles. The molecule has 4 rings (SSSR count). The zero-order valence-corrected chi connectivity index (χ0v) is 19.1. The van der Waals surface area contributed by atoms with E-state index < -0.39 is 5.97 Å². The van der Waals surface area contributed by atoms with E-state index in [0.717, 1.165) is 5.56 Å². The van der Waals surface area contributed by atoms with Crippen molar-refractivity contribution in [2.45, 2.75) is 13.2 Å². The molecule has 0 spiro atoms. The summed E-state index contributed by atoms with van der Waals surface area (Å²) in [6, 6.07) is 16.8. The molecule has 0 atom stereocenters. The predicted molar refractivity (Wildman–Crippen MR) is 124 cm³/mol. The SMILES string of the molecule is COc1cccc(NC(=O)COc2ccc(C(=O)OCc3cc(Cl)cc4c3OCOC4)cc2)c1. The number of amides is 1. The number of benzene rings is 3. The van der Waals surface area contributed by atoms with Gasteiger partial charge in [-0.3, -0.25) is 4.79 Å². The molecule has 1 heterocycles. The van der Waals surface area contributed by atoms with Crippen LogP contribution in [-0.4, -0.2) is 32.4 Å². The average Bonchev–Trinajstić information content (AvgIpc) is 2.86. The molecule has 3 aromatic rings. The van der Waals surface area contributed by atoms with Crippen LogP contribution in [0.4, 0.5) is 5.69 Å². The summed E-state index contributed by atoms with van der Waals surface area (Å²) in [5, 5.41) is 3.24. The maximum atomic E-state index is 12.5. The van der Waals surface area contributed by atoms with Gasteiger partial charge in [-0.1, -0.05) is 17.7 Å². The molecule has 0 aliphatic carbocycles. The summed E-state index contributed by atoms with van der Waals surface area (Å²) in [4.78, 5) is 24.6. The van der Waals surface area contributed by atoms with E-state index in [1.165, 1.54) is 0 Å². The molecule has 0 saturated carbocycles. The van der Waals surface area contributed by atoms with Crippen molar-refractivity contribution in [1.82, 2.24) is 0 Å². The third-order valence-electron chi connectivity index (χ3n) is 4.92. The van der Waals surface area contributed by atoms with Crippen LogP contribution in [0.5, 0.6) is 17.2 Å². The fourth-order valence-electron chi connectivity index (χ4n) is 3.32. The first-order valence-electron chi connectivity index (χ1n) is 10.4. The Morgan fingerprint density at radius 1 is 1.06 bits per heavy atom. The van der Waals surface area contributed by atoms with Crippen molar-refractivity contribution in [3.63, 3.8) is 0 Å². The number of ether oxygens (including phenoxy) is 5.